The van der Waals surface area contributed by atoms with E-state index < -0.39 is 12.0 Å². The van der Waals surface area contributed by atoms with Crippen LogP contribution in [0.25, 0.3) is 0 Å². The highest BCUT2D eigenvalue weighted by atomic mass is 19.3. The van der Waals surface area contributed by atoms with Crippen molar-refractivity contribution in [2.45, 2.75) is 38.4 Å². The molecule has 1 heterocycles. The second-order valence-electron chi connectivity index (χ2n) is 3.96. The Labute approximate surface area is 77.9 Å². The molecule has 78 valence electrons. The molecule has 4 heteroatoms. The summed E-state index contributed by atoms with van der Waals surface area (Å²) in [6.07, 6.45) is -0.607. The smallest absolute Gasteiger partial charge is 0.286 e. The van der Waals surface area contributed by atoms with Crippen molar-refractivity contribution in [2.24, 2.45) is 0 Å². The first-order valence-corrected chi connectivity index (χ1v) is 4.63. The van der Waals surface area contributed by atoms with E-state index in [1.54, 1.807) is 25.8 Å². The maximum atomic E-state index is 13.3. The van der Waals surface area contributed by atoms with Crippen LogP contribution in [-0.2, 0) is 4.74 Å². The van der Waals surface area contributed by atoms with Crippen LogP contribution in [0, 0.1) is 0 Å². The molecule has 0 spiro atoms. The molecule has 0 aromatic carbocycles. The third-order valence-corrected chi connectivity index (χ3v) is 2.16. The number of hydrogen-bond donors (Lipinski definition) is 0. The fraction of sp³-hybridized carbons (Fsp3) is 1.00. The van der Waals surface area contributed by atoms with Crippen molar-refractivity contribution in [3.63, 3.8) is 0 Å². The minimum atomic E-state index is -2.70. The van der Waals surface area contributed by atoms with Crippen LogP contribution in [0.3, 0.4) is 0 Å². The summed E-state index contributed by atoms with van der Waals surface area (Å²) in [6, 6.07) is 0. The number of nitrogens with zero attached hydrogens (tertiary/aromatic N) is 1. The van der Waals surface area contributed by atoms with E-state index in [0.29, 0.717) is 13.0 Å². The van der Waals surface area contributed by atoms with Crippen molar-refractivity contribution in [1.82, 2.24) is 4.90 Å². The number of ether oxygens (including phenoxy) is 1. The number of hydrogen-bond acceptors (Lipinski definition) is 2. The molecule has 1 unspecified atom stereocenters. The number of halogens is 2. The molecule has 0 aromatic heterocycles. The van der Waals surface area contributed by atoms with Gasteiger partial charge in [-0.25, -0.2) is 8.78 Å². The third kappa shape index (κ3) is 2.88. The molecular weight excluding hydrogens is 176 g/mol. The maximum Gasteiger partial charge on any atom is 0.286 e. The first-order valence-electron chi connectivity index (χ1n) is 4.63. The molecule has 0 aliphatic carbocycles. The fourth-order valence-electron chi connectivity index (χ4n) is 1.59. The average molecular weight is 193 g/mol. The molecule has 1 atom stereocenters. The highest BCUT2D eigenvalue weighted by Gasteiger charge is 2.44. The third-order valence-electron chi connectivity index (χ3n) is 2.16. The summed E-state index contributed by atoms with van der Waals surface area (Å²) < 4.78 is 31.8. The minimum Gasteiger partial charge on any atom is -0.369 e. The van der Waals surface area contributed by atoms with Crippen molar-refractivity contribution >= 4 is 0 Å². The van der Waals surface area contributed by atoms with E-state index in [9.17, 15) is 8.78 Å². The molecule has 1 fully saturated rings. The SMILES string of the molecule is CC(C)OC1CCN(C)CC1(F)F. The van der Waals surface area contributed by atoms with Crippen LogP contribution >= 0.6 is 0 Å². The van der Waals surface area contributed by atoms with Gasteiger partial charge in [0.05, 0.1) is 12.6 Å². The lowest BCUT2D eigenvalue weighted by molar-refractivity contribution is -0.182. The van der Waals surface area contributed by atoms with Gasteiger partial charge in [-0.15, -0.1) is 0 Å². The van der Waals surface area contributed by atoms with Gasteiger partial charge < -0.3 is 9.64 Å². The Bertz CT molecular complexity index is 173. The lowest BCUT2D eigenvalue weighted by atomic mass is 10.0. The lowest BCUT2D eigenvalue weighted by Gasteiger charge is -2.37. The van der Waals surface area contributed by atoms with E-state index in [-0.39, 0.29) is 12.6 Å². The zero-order chi connectivity index (χ0) is 10.1. The Hall–Kier alpha value is -0.220. The van der Waals surface area contributed by atoms with Gasteiger partial charge >= 0.3 is 0 Å². The predicted octanol–water partition coefficient (Wildman–Crippen LogP) is 1.75. The van der Waals surface area contributed by atoms with Crippen molar-refractivity contribution < 1.29 is 13.5 Å². The quantitative estimate of drug-likeness (QED) is 0.662. The molecule has 1 rings (SSSR count). The summed E-state index contributed by atoms with van der Waals surface area (Å²) in [5.74, 6) is -2.70. The van der Waals surface area contributed by atoms with Gasteiger partial charge in [0.2, 0.25) is 0 Å². The highest BCUT2D eigenvalue weighted by molar-refractivity contribution is 4.86. The van der Waals surface area contributed by atoms with Crippen LogP contribution < -0.4 is 0 Å². The molecule has 0 aromatic rings. The summed E-state index contributed by atoms with van der Waals surface area (Å²) in [5, 5.41) is 0. The Morgan fingerprint density at radius 3 is 2.54 bits per heavy atom. The van der Waals surface area contributed by atoms with E-state index in [0.717, 1.165) is 0 Å². The predicted molar refractivity (Wildman–Crippen MR) is 47.1 cm³/mol. The van der Waals surface area contributed by atoms with Crippen molar-refractivity contribution in [1.29, 1.82) is 0 Å². The van der Waals surface area contributed by atoms with Crippen LogP contribution in [-0.4, -0.2) is 43.2 Å². The summed E-state index contributed by atoms with van der Waals surface area (Å²) in [7, 11) is 1.71. The molecule has 1 saturated heterocycles. The van der Waals surface area contributed by atoms with Crippen LogP contribution in [0.4, 0.5) is 8.78 Å². The van der Waals surface area contributed by atoms with Gasteiger partial charge in [-0.1, -0.05) is 0 Å². The molecule has 0 radical (unpaired) electrons. The lowest BCUT2D eigenvalue weighted by Crippen LogP contribution is -2.51. The molecule has 13 heavy (non-hydrogen) atoms. The number of likely N-dealkylation sites (tertiary alicyclic amines) is 1. The molecular formula is C9H17F2NO. The van der Waals surface area contributed by atoms with Gasteiger partial charge in [-0.05, 0) is 27.3 Å². The van der Waals surface area contributed by atoms with Crippen LogP contribution in [0.1, 0.15) is 20.3 Å². The standard InChI is InChI=1S/C9H17F2NO/c1-7(2)13-8-4-5-12(3)6-9(8,10)11/h7-8H,4-6H2,1-3H3. The zero-order valence-electron chi connectivity index (χ0n) is 8.39. The number of rotatable bonds is 2. The Balaban J connectivity index is 2.54. The van der Waals surface area contributed by atoms with E-state index >= 15 is 0 Å². The topological polar surface area (TPSA) is 12.5 Å². The monoisotopic (exact) mass is 193 g/mol. The summed E-state index contributed by atoms with van der Waals surface area (Å²) in [6.45, 7) is 4.07. The van der Waals surface area contributed by atoms with Gasteiger partial charge in [0.15, 0.2) is 0 Å². The maximum absolute atomic E-state index is 13.3. The molecule has 1 aliphatic heterocycles. The molecule has 0 amide bonds. The molecule has 1 aliphatic rings. The van der Waals surface area contributed by atoms with Crippen molar-refractivity contribution in [2.75, 3.05) is 20.1 Å². The Morgan fingerprint density at radius 1 is 1.46 bits per heavy atom. The number of piperidine rings is 1. The highest BCUT2D eigenvalue weighted by Crippen LogP contribution is 2.29. The molecule has 0 saturated carbocycles. The van der Waals surface area contributed by atoms with Crippen molar-refractivity contribution in [3.05, 3.63) is 0 Å². The van der Waals surface area contributed by atoms with E-state index in [4.69, 9.17) is 4.74 Å². The van der Waals surface area contributed by atoms with Crippen molar-refractivity contribution in [3.8, 4) is 0 Å². The summed E-state index contributed by atoms with van der Waals surface area (Å²) in [4.78, 5) is 1.64. The van der Waals surface area contributed by atoms with E-state index in [2.05, 4.69) is 0 Å². The van der Waals surface area contributed by atoms with E-state index in [1.165, 1.54) is 0 Å². The van der Waals surface area contributed by atoms with Gasteiger partial charge in [0.25, 0.3) is 5.92 Å². The van der Waals surface area contributed by atoms with Gasteiger partial charge in [-0.2, -0.15) is 0 Å². The summed E-state index contributed by atoms with van der Waals surface area (Å²) >= 11 is 0. The summed E-state index contributed by atoms with van der Waals surface area (Å²) in [5.41, 5.74) is 0. The van der Waals surface area contributed by atoms with Gasteiger partial charge in [-0.3, -0.25) is 0 Å². The first-order chi connectivity index (χ1) is 5.92. The average Bonchev–Trinajstić information content (AvgIpc) is 1.93. The van der Waals surface area contributed by atoms with Crippen LogP contribution in [0.2, 0.25) is 0 Å². The molecule has 0 bridgehead atoms. The normalized spacial score (nSPS) is 29.5. The molecule has 2 nitrogen and oxygen atoms in total. The Morgan fingerprint density at radius 2 is 2.08 bits per heavy atom. The second kappa shape index (κ2) is 3.88. The van der Waals surface area contributed by atoms with Gasteiger partial charge in [0, 0.05) is 6.54 Å². The first kappa shape index (κ1) is 10.9. The van der Waals surface area contributed by atoms with Crippen LogP contribution in [0.5, 0.6) is 0 Å². The largest absolute Gasteiger partial charge is 0.369 e. The van der Waals surface area contributed by atoms with Crippen LogP contribution in [0.15, 0.2) is 0 Å². The van der Waals surface area contributed by atoms with Gasteiger partial charge in [0.1, 0.15) is 6.10 Å². The second-order valence-corrected chi connectivity index (χ2v) is 3.96. The fourth-order valence-corrected chi connectivity index (χ4v) is 1.59. The number of alkyl halides is 2. The minimum absolute atomic E-state index is 0.126. The Kier molecular flexibility index (Phi) is 3.24. The molecule has 0 N–H and O–H groups in total. The zero-order valence-corrected chi connectivity index (χ0v) is 8.39. The van der Waals surface area contributed by atoms with E-state index in [1.807, 2.05) is 0 Å².